The molecule has 1 rings (SSSR count). The van der Waals surface area contributed by atoms with Crippen molar-refractivity contribution in [3.8, 4) is 0 Å². The van der Waals surface area contributed by atoms with Gasteiger partial charge in [0.25, 0.3) is 5.91 Å². The fraction of sp³-hybridized carbons (Fsp3) is 0.444. The standard InChI is InChI=1S/C9H13N4O2S/c1-2-3-4-15-13-7(8(10)14)6-5-16-9(11)12-6/h5,10H,2-4H2,1H3,(H2,11,12)/b13-7+. The van der Waals surface area contributed by atoms with Crippen molar-refractivity contribution in [3.05, 3.63) is 11.1 Å². The van der Waals surface area contributed by atoms with Crippen molar-refractivity contribution in [3.63, 3.8) is 0 Å². The van der Waals surface area contributed by atoms with Gasteiger partial charge in [0, 0.05) is 5.38 Å². The second-order valence-corrected chi connectivity index (χ2v) is 3.92. The molecule has 0 bridgehead atoms. The molecule has 1 heterocycles. The molecule has 3 N–H and O–H groups in total. The summed E-state index contributed by atoms with van der Waals surface area (Å²) in [6, 6.07) is 0. The highest BCUT2D eigenvalue weighted by molar-refractivity contribution is 7.13. The quantitative estimate of drug-likeness (QED) is 0.457. The maximum atomic E-state index is 11.0. The van der Waals surface area contributed by atoms with Crippen LogP contribution in [-0.2, 0) is 9.63 Å². The Bertz CT molecular complexity index is 389. The first kappa shape index (κ1) is 12.4. The van der Waals surface area contributed by atoms with Crippen LogP contribution in [0.5, 0.6) is 0 Å². The molecule has 6 nitrogen and oxygen atoms in total. The Hall–Kier alpha value is -1.63. The highest BCUT2D eigenvalue weighted by Gasteiger charge is 2.15. The summed E-state index contributed by atoms with van der Waals surface area (Å²) in [5, 5.41) is 5.52. The Morgan fingerprint density at radius 3 is 3.00 bits per heavy atom. The summed E-state index contributed by atoms with van der Waals surface area (Å²) in [5.74, 6) is -0.929. The smallest absolute Gasteiger partial charge is 0.294 e. The SMILES string of the molecule is CCCCO/N=C(/C([NH])=O)c1csc(N)n1. The van der Waals surface area contributed by atoms with Gasteiger partial charge < -0.3 is 10.6 Å². The monoisotopic (exact) mass is 241 g/mol. The van der Waals surface area contributed by atoms with Crippen molar-refractivity contribution in [1.82, 2.24) is 10.7 Å². The molecule has 7 heteroatoms. The third-order valence-corrected chi connectivity index (χ3v) is 2.40. The molecule has 0 aliphatic rings. The van der Waals surface area contributed by atoms with Gasteiger partial charge in [-0.25, -0.2) is 4.98 Å². The molecule has 1 radical (unpaired) electrons. The third-order valence-electron chi connectivity index (χ3n) is 1.72. The van der Waals surface area contributed by atoms with E-state index in [0.717, 1.165) is 12.8 Å². The van der Waals surface area contributed by atoms with Gasteiger partial charge in [-0.15, -0.1) is 11.3 Å². The Labute approximate surface area is 97.3 Å². The van der Waals surface area contributed by atoms with Gasteiger partial charge in [0.2, 0.25) is 0 Å². The van der Waals surface area contributed by atoms with Gasteiger partial charge in [0.15, 0.2) is 10.8 Å². The van der Waals surface area contributed by atoms with Crippen LogP contribution in [-0.4, -0.2) is 23.2 Å². The lowest BCUT2D eigenvalue weighted by atomic mass is 10.3. The fourth-order valence-corrected chi connectivity index (χ4v) is 1.47. The number of nitrogen functional groups attached to an aromatic ring is 1. The van der Waals surface area contributed by atoms with E-state index in [1.807, 2.05) is 6.92 Å². The molecule has 0 aromatic carbocycles. The predicted molar refractivity (Wildman–Crippen MR) is 62.0 cm³/mol. The Morgan fingerprint density at radius 1 is 1.75 bits per heavy atom. The van der Waals surface area contributed by atoms with E-state index in [1.54, 1.807) is 5.38 Å². The van der Waals surface area contributed by atoms with Gasteiger partial charge in [0.05, 0.1) is 0 Å². The van der Waals surface area contributed by atoms with Gasteiger partial charge >= 0.3 is 0 Å². The molecule has 1 aromatic rings. The fourth-order valence-electron chi connectivity index (χ4n) is 0.920. The summed E-state index contributed by atoms with van der Waals surface area (Å²) in [7, 11) is 0. The number of thiazole rings is 1. The van der Waals surface area contributed by atoms with Crippen LogP contribution >= 0.6 is 11.3 Å². The Balaban J connectivity index is 2.71. The molecule has 0 saturated carbocycles. The van der Waals surface area contributed by atoms with Crippen molar-refractivity contribution in [2.45, 2.75) is 19.8 Å². The van der Waals surface area contributed by atoms with Crippen LogP contribution < -0.4 is 11.5 Å². The normalized spacial score (nSPS) is 11.4. The van der Waals surface area contributed by atoms with Gasteiger partial charge in [-0.1, -0.05) is 18.5 Å². The molecular weight excluding hydrogens is 228 g/mol. The zero-order chi connectivity index (χ0) is 12.0. The van der Waals surface area contributed by atoms with Crippen LogP contribution in [0.1, 0.15) is 25.5 Å². The van der Waals surface area contributed by atoms with Crippen molar-refractivity contribution >= 4 is 28.1 Å². The van der Waals surface area contributed by atoms with Crippen LogP contribution in [0.15, 0.2) is 10.5 Å². The first-order valence-electron chi connectivity index (χ1n) is 4.82. The molecule has 0 spiro atoms. The minimum absolute atomic E-state index is 0.107. The van der Waals surface area contributed by atoms with Gasteiger partial charge in [-0.05, 0) is 6.42 Å². The van der Waals surface area contributed by atoms with Crippen molar-refractivity contribution < 1.29 is 9.63 Å². The van der Waals surface area contributed by atoms with E-state index in [4.69, 9.17) is 16.3 Å². The highest BCUT2D eigenvalue weighted by Crippen LogP contribution is 2.12. The lowest BCUT2D eigenvalue weighted by Gasteiger charge is -1.99. The number of nitrogens with two attached hydrogens (primary N) is 1. The Kier molecular flexibility index (Phi) is 4.71. The van der Waals surface area contributed by atoms with E-state index in [2.05, 4.69) is 10.1 Å². The summed E-state index contributed by atoms with van der Waals surface area (Å²) in [5.41, 5.74) is 12.7. The average molecular weight is 241 g/mol. The molecule has 1 amide bonds. The zero-order valence-corrected chi connectivity index (χ0v) is 9.71. The van der Waals surface area contributed by atoms with Crippen LogP contribution in [0.2, 0.25) is 0 Å². The van der Waals surface area contributed by atoms with Crippen molar-refractivity contribution in [2.75, 3.05) is 12.3 Å². The second kappa shape index (κ2) is 6.06. The van der Waals surface area contributed by atoms with Gasteiger partial charge in [0.1, 0.15) is 12.3 Å². The second-order valence-electron chi connectivity index (χ2n) is 3.03. The van der Waals surface area contributed by atoms with E-state index in [9.17, 15) is 4.79 Å². The topological polar surface area (TPSA) is 101 Å². The minimum Gasteiger partial charge on any atom is -0.395 e. The molecule has 0 aliphatic heterocycles. The van der Waals surface area contributed by atoms with E-state index in [0.29, 0.717) is 17.4 Å². The van der Waals surface area contributed by atoms with E-state index < -0.39 is 5.91 Å². The molecule has 0 fully saturated rings. The highest BCUT2D eigenvalue weighted by atomic mass is 32.1. The average Bonchev–Trinajstić information content (AvgIpc) is 2.64. The molecule has 0 unspecified atom stereocenters. The number of nitrogens with one attached hydrogen (secondary N) is 1. The molecule has 0 saturated heterocycles. The number of aromatic nitrogens is 1. The number of hydrogen-bond donors (Lipinski definition) is 1. The molecular formula is C9H13N4O2S. The van der Waals surface area contributed by atoms with Gasteiger partial charge in [-0.3, -0.25) is 10.5 Å². The van der Waals surface area contributed by atoms with E-state index >= 15 is 0 Å². The first-order valence-corrected chi connectivity index (χ1v) is 5.70. The largest absolute Gasteiger partial charge is 0.395 e. The predicted octanol–water partition coefficient (Wildman–Crippen LogP) is 1.06. The minimum atomic E-state index is -0.929. The van der Waals surface area contributed by atoms with Crippen LogP contribution in [0.3, 0.4) is 0 Å². The number of anilines is 1. The number of unbranched alkanes of at least 4 members (excludes halogenated alkanes) is 1. The number of hydrogen-bond acceptors (Lipinski definition) is 6. The molecule has 0 aliphatic carbocycles. The maximum absolute atomic E-state index is 11.0. The number of oxime groups is 1. The van der Waals surface area contributed by atoms with Crippen molar-refractivity contribution in [1.29, 1.82) is 0 Å². The summed E-state index contributed by atoms with van der Waals surface area (Å²) in [6.07, 6.45) is 1.82. The molecule has 16 heavy (non-hydrogen) atoms. The van der Waals surface area contributed by atoms with Crippen molar-refractivity contribution in [2.24, 2.45) is 5.16 Å². The molecule has 1 aromatic heterocycles. The Morgan fingerprint density at radius 2 is 2.50 bits per heavy atom. The summed E-state index contributed by atoms with van der Waals surface area (Å²) < 4.78 is 0. The zero-order valence-electron chi connectivity index (χ0n) is 8.90. The first-order chi connectivity index (χ1) is 7.65. The lowest BCUT2D eigenvalue weighted by molar-refractivity contribution is -0.112. The number of rotatable bonds is 6. The van der Waals surface area contributed by atoms with E-state index in [-0.39, 0.29) is 5.71 Å². The van der Waals surface area contributed by atoms with Crippen LogP contribution in [0, 0.1) is 0 Å². The van der Waals surface area contributed by atoms with Crippen LogP contribution in [0.4, 0.5) is 5.13 Å². The molecule has 87 valence electrons. The lowest BCUT2D eigenvalue weighted by Crippen LogP contribution is -2.17. The number of nitrogens with zero attached hydrogens (tertiary/aromatic N) is 2. The molecule has 0 atom stereocenters. The summed E-state index contributed by atoms with van der Waals surface area (Å²) in [4.78, 5) is 19.8. The van der Waals surface area contributed by atoms with Gasteiger partial charge in [-0.2, -0.15) is 0 Å². The van der Waals surface area contributed by atoms with E-state index in [1.165, 1.54) is 11.3 Å². The number of amides is 1. The summed E-state index contributed by atoms with van der Waals surface area (Å²) in [6.45, 7) is 2.44. The maximum Gasteiger partial charge on any atom is 0.294 e. The summed E-state index contributed by atoms with van der Waals surface area (Å²) >= 11 is 1.19. The number of carbonyl (C=O) groups is 1. The number of carbonyl (C=O) groups excluding carboxylic acids is 1. The third kappa shape index (κ3) is 3.50. The van der Waals surface area contributed by atoms with Crippen LogP contribution in [0.25, 0.3) is 0 Å².